The number of unbranched alkanes of at least 4 members (excludes halogenated alkanes) is 1. The van der Waals surface area contributed by atoms with Crippen molar-refractivity contribution < 1.29 is 0 Å². The Kier molecular flexibility index (Phi) is 4.45. The molecule has 14 heavy (non-hydrogen) atoms. The van der Waals surface area contributed by atoms with Crippen LogP contribution in [-0.4, -0.2) is 18.1 Å². The first kappa shape index (κ1) is 10.5. The number of aromatic nitrogens is 1. The molecule has 0 radical (unpaired) electrons. The molecule has 0 bridgehead atoms. The predicted molar refractivity (Wildman–Crippen MR) is 55.7 cm³/mol. The Morgan fingerprint density at radius 2 is 2.29 bits per heavy atom. The van der Waals surface area contributed by atoms with Crippen LogP contribution in [0.1, 0.15) is 18.5 Å². The van der Waals surface area contributed by atoms with Gasteiger partial charge in [0.1, 0.15) is 11.8 Å². The van der Waals surface area contributed by atoms with Crippen LogP contribution >= 0.6 is 0 Å². The van der Waals surface area contributed by atoms with Crippen LogP contribution in [-0.2, 0) is 0 Å². The fourth-order valence-corrected chi connectivity index (χ4v) is 1.07. The highest BCUT2D eigenvalue weighted by Crippen LogP contribution is 2.05. The fourth-order valence-electron chi connectivity index (χ4n) is 1.07. The highest BCUT2D eigenvalue weighted by Gasteiger charge is 1.93. The zero-order valence-electron chi connectivity index (χ0n) is 8.03. The van der Waals surface area contributed by atoms with Crippen LogP contribution in [0.5, 0.6) is 0 Å². The Bertz CT molecular complexity index is 299. The zero-order chi connectivity index (χ0) is 10.2. The number of nitriles is 1. The van der Waals surface area contributed by atoms with Crippen LogP contribution in [0.3, 0.4) is 0 Å². The van der Waals surface area contributed by atoms with Gasteiger partial charge in [0.05, 0.1) is 11.9 Å². The van der Waals surface area contributed by atoms with Gasteiger partial charge in [-0.1, -0.05) is 0 Å². The Hall–Kier alpha value is -1.60. The zero-order valence-corrected chi connectivity index (χ0v) is 8.03. The van der Waals surface area contributed by atoms with E-state index in [0.29, 0.717) is 5.69 Å². The summed E-state index contributed by atoms with van der Waals surface area (Å²) in [5.41, 5.74) is 6.76. The minimum atomic E-state index is 0.442. The van der Waals surface area contributed by atoms with Crippen LogP contribution < -0.4 is 11.1 Å². The second-order valence-electron chi connectivity index (χ2n) is 2.97. The van der Waals surface area contributed by atoms with Crippen LogP contribution in [0.4, 0.5) is 5.69 Å². The van der Waals surface area contributed by atoms with Gasteiger partial charge in [-0.3, -0.25) is 0 Å². The second-order valence-corrected chi connectivity index (χ2v) is 2.97. The van der Waals surface area contributed by atoms with E-state index in [9.17, 15) is 0 Å². The molecule has 4 nitrogen and oxygen atoms in total. The highest BCUT2D eigenvalue weighted by atomic mass is 14.9. The average molecular weight is 190 g/mol. The van der Waals surface area contributed by atoms with Crippen molar-refractivity contribution in [3.63, 3.8) is 0 Å². The summed E-state index contributed by atoms with van der Waals surface area (Å²) < 4.78 is 0. The lowest BCUT2D eigenvalue weighted by atomic mass is 10.3. The molecule has 0 aliphatic rings. The lowest BCUT2D eigenvalue weighted by molar-refractivity contribution is 0.774. The summed E-state index contributed by atoms with van der Waals surface area (Å²) in [6.45, 7) is 1.62. The van der Waals surface area contributed by atoms with Gasteiger partial charge in [-0.2, -0.15) is 5.26 Å². The molecule has 1 rings (SSSR count). The van der Waals surface area contributed by atoms with Crippen molar-refractivity contribution in [2.45, 2.75) is 12.8 Å². The first-order chi connectivity index (χ1) is 6.86. The van der Waals surface area contributed by atoms with E-state index >= 15 is 0 Å². The number of pyridine rings is 1. The predicted octanol–water partition coefficient (Wildman–Crippen LogP) is 1.10. The quantitative estimate of drug-likeness (QED) is 0.682. The fraction of sp³-hybridized carbons (Fsp3) is 0.400. The average Bonchev–Trinajstić information content (AvgIpc) is 2.25. The Balaban J connectivity index is 2.33. The van der Waals surface area contributed by atoms with Gasteiger partial charge in [0.25, 0.3) is 0 Å². The highest BCUT2D eigenvalue weighted by molar-refractivity contribution is 5.42. The van der Waals surface area contributed by atoms with E-state index in [1.54, 1.807) is 12.3 Å². The molecule has 1 heterocycles. The molecule has 0 amide bonds. The molecule has 0 unspecified atom stereocenters. The minimum Gasteiger partial charge on any atom is -0.384 e. The first-order valence-corrected chi connectivity index (χ1v) is 4.67. The molecule has 3 N–H and O–H groups in total. The van der Waals surface area contributed by atoms with E-state index in [1.807, 2.05) is 12.1 Å². The molecule has 74 valence electrons. The van der Waals surface area contributed by atoms with Crippen molar-refractivity contribution in [1.29, 1.82) is 5.26 Å². The number of nitrogens with two attached hydrogens (primary N) is 1. The van der Waals surface area contributed by atoms with Gasteiger partial charge in [0, 0.05) is 6.54 Å². The van der Waals surface area contributed by atoms with E-state index in [2.05, 4.69) is 10.3 Å². The van der Waals surface area contributed by atoms with E-state index in [1.165, 1.54) is 0 Å². The molecule has 0 spiro atoms. The third-order valence-electron chi connectivity index (χ3n) is 1.84. The number of nitrogens with zero attached hydrogens (tertiary/aromatic N) is 2. The van der Waals surface area contributed by atoms with Gasteiger partial charge >= 0.3 is 0 Å². The Morgan fingerprint density at radius 1 is 1.43 bits per heavy atom. The van der Waals surface area contributed by atoms with Gasteiger partial charge in [-0.15, -0.1) is 0 Å². The van der Waals surface area contributed by atoms with Crippen LogP contribution in [0, 0.1) is 11.3 Å². The largest absolute Gasteiger partial charge is 0.384 e. The SMILES string of the molecule is N#Cc1ccc(NCCCCN)cn1. The minimum absolute atomic E-state index is 0.442. The number of rotatable bonds is 5. The standard InChI is InChI=1S/C10H14N4/c11-5-1-2-6-13-10-4-3-9(7-12)14-8-10/h3-4,8,13H,1-2,5-6,11H2. The molecule has 1 aromatic heterocycles. The maximum absolute atomic E-state index is 8.53. The molecule has 0 fully saturated rings. The Morgan fingerprint density at radius 3 is 2.86 bits per heavy atom. The maximum atomic E-state index is 8.53. The normalized spacial score (nSPS) is 9.43. The molecular weight excluding hydrogens is 176 g/mol. The van der Waals surface area contributed by atoms with Crippen molar-refractivity contribution in [3.8, 4) is 6.07 Å². The number of anilines is 1. The summed E-state index contributed by atoms with van der Waals surface area (Å²) in [7, 11) is 0. The molecular formula is C10H14N4. The summed E-state index contributed by atoms with van der Waals surface area (Å²) in [6, 6.07) is 5.53. The van der Waals surface area contributed by atoms with Crippen molar-refractivity contribution in [2.24, 2.45) is 5.73 Å². The lowest BCUT2D eigenvalue weighted by Crippen LogP contribution is -2.05. The second kappa shape index (κ2) is 5.95. The summed E-state index contributed by atoms with van der Waals surface area (Å²) in [4.78, 5) is 3.95. The number of hydrogen-bond acceptors (Lipinski definition) is 4. The van der Waals surface area contributed by atoms with Gasteiger partial charge in [0.15, 0.2) is 0 Å². The third kappa shape index (κ3) is 3.42. The van der Waals surface area contributed by atoms with Crippen molar-refractivity contribution >= 4 is 5.69 Å². The summed E-state index contributed by atoms with van der Waals surface area (Å²) in [5.74, 6) is 0. The van der Waals surface area contributed by atoms with Gasteiger partial charge < -0.3 is 11.1 Å². The third-order valence-corrected chi connectivity index (χ3v) is 1.84. The van der Waals surface area contributed by atoms with Crippen molar-refractivity contribution in [2.75, 3.05) is 18.4 Å². The number of nitrogens with one attached hydrogen (secondary N) is 1. The molecule has 0 aromatic carbocycles. The lowest BCUT2D eigenvalue weighted by Gasteiger charge is -2.04. The summed E-state index contributed by atoms with van der Waals surface area (Å²) >= 11 is 0. The van der Waals surface area contributed by atoms with Crippen LogP contribution in [0.2, 0.25) is 0 Å². The smallest absolute Gasteiger partial charge is 0.140 e. The van der Waals surface area contributed by atoms with Crippen LogP contribution in [0.25, 0.3) is 0 Å². The van der Waals surface area contributed by atoms with Gasteiger partial charge in [-0.25, -0.2) is 4.98 Å². The van der Waals surface area contributed by atoms with E-state index in [4.69, 9.17) is 11.0 Å². The van der Waals surface area contributed by atoms with E-state index in [0.717, 1.165) is 31.6 Å². The van der Waals surface area contributed by atoms with Gasteiger partial charge in [0.2, 0.25) is 0 Å². The summed E-state index contributed by atoms with van der Waals surface area (Å²) in [6.07, 6.45) is 3.74. The maximum Gasteiger partial charge on any atom is 0.140 e. The molecule has 4 heteroatoms. The first-order valence-electron chi connectivity index (χ1n) is 4.67. The molecule has 0 saturated carbocycles. The molecule has 0 aliphatic carbocycles. The van der Waals surface area contributed by atoms with Crippen molar-refractivity contribution in [1.82, 2.24) is 4.98 Å². The van der Waals surface area contributed by atoms with Crippen LogP contribution in [0.15, 0.2) is 18.3 Å². The molecule has 0 aliphatic heterocycles. The number of hydrogen-bond donors (Lipinski definition) is 2. The topological polar surface area (TPSA) is 74.7 Å². The molecule has 0 atom stereocenters. The van der Waals surface area contributed by atoms with Gasteiger partial charge in [-0.05, 0) is 31.5 Å². The monoisotopic (exact) mass is 190 g/mol. The molecule has 1 aromatic rings. The Labute approximate surface area is 83.8 Å². The van der Waals surface area contributed by atoms with E-state index < -0.39 is 0 Å². The molecule has 0 saturated heterocycles. The summed E-state index contributed by atoms with van der Waals surface area (Å²) in [5, 5.41) is 11.7. The van der Waals surface area contributed by atoms with E-state index in [-0.39, 0.29) is 0 Å². The van der Waals surface area contributed by atoms with Crippen molar-refractivity contribution in [3.05, 3.63) is 24.0 Å².